The van der Waals surface area contributed by atoms with E-state index in [-0.39, 0.29) is 12.6 Å². The predicted octanol–water partition coefficient (Wildman–Crippen LogP) is 4.00. The van der Waals surface area contributed by atoms with Crippen molar-refractivity contribution in [2.45, 2.75) is 19.6 Å². The van der Waals surface area contributed by atoms with Gasteiger partial charge in [-0.15, -0.1) is 0 Å². The van der Waals surface area contributed by atoms with Crippen LogP contribution >= 0.6 is 11.6 Å². The monoisotopic (exact) mass is 373 g/mol. The summed E-state index contributed by atoms with van der Waals surface area (Å²) in [7, 11) is 0. The highest BCUT2D eigenvalue weighted by Crippen LogP contribution is 2.13. The number of hydrogen-bond donors (Lipinski definition) is 2. The molecule has 0 spiro atoms. The molecule has 1 heterocycles. The number of nitrogens with one attached hydrogen (secondary N) is 2. The van der Waals surface area contributed by atoms with Gasteiger partial charge < -0.3 is 15.0 Å². The van der Waals surface area contributed by atoms with E-state index in [0.29, 0.717) is 17.3 Å². The summed E-state index contributed by atoms with van der Waals surface area (Å²) in [6, 6.07) is 14.3. The molecule has 7 heteroatoms. The third kappa shape index (κ3) is 5.13. The molecule has 0 aromatic heterocycles. The number of nitrogens with zero attached hydrogens (tertiary/aromatic N) is 1. The Labute approximate surface area is 157 Å². The van der Waals surface area contributed by atoms with Crippen LogP contribution in [0.5, 0.6) is 0 Å². The molecule has 1 aliphatic rings. The minimum atomic E-state index is -0.529. The minimum Gasteiger partial charge on any atom is -0.444 e. The summed E-state index contributed by atoms with van der Waals surface area (Å²) in [4.78, 5) is 25.4. The van der Waals surface area contributed by atoms with Crippen molar-refractivity contribution in [1.82, 2.24) is 10.2 Å². The summed E-state index contributed by atoms with van der Waals surface area (Å²) in [5, 5.41) is 6.18. The molecule has 2 aromatic rings. The Hall–Kier alpha value is -2.73. The van der Waals surface area contributed by atoms with E-state index in [2.05, 4.69) is 10.6 Å². The SMILES string of the molecule is O=C(Nc1ccc(CNC(=O)N2CCC2)cc1)OCc1ccc(Cl)cc1. The molecule has 1 fully saturated rings. The quantitative estimate of drug-likeness (QED) is 0.832. The second-order valence-electron chi connectivity index (χ2n) is 6.02. The Bertz CT molecular complexity index is 759. The fourth-order valence-electron chi connectivity index (χ4n) is 2.40. The number of carbonyl (C=O) groups is 2. The van der Waals surface area contributed by atoms with E-state index < -0.39 is 6.09 Å². The number of anilines is 1. The molecule has 0 unspecified atom stereocenters. The number of benzene rings is 2. The average Bonchev–Trinajstić information content (AvgIpc) is 2.59. The van der Waals surface area contributed by atoms with Crippen LogP contribution in [0.2, 0.25) is 5.02 Å². The maximum atomic E-state index is 11.8. The van der Waals surface area contributed by atoms with E-state index in [0.717, 1.165) is 30.6 Å². The fourth-order valence-corrected chi connectivity index (χ4v) is 2.52. The van der Waals surface area contributed by atoms with Crippen molar-refractivity contribution in [2.24, 2.45) is 0 Å². The van der Waals surface area contributed by atoms with E-state index in [4.69, 9.17) is 16.3 Å². The number of ether oxygens (including phenoxy) is 1. The lowest BCUT2D eigenvalue weighted by molar-refractivity contribution is 0.155. The number of hydrogen-bond acceptors (Lipinski definition) is 3. The molecule has 3 amide bonds. The number of amides is 3. The van der Waals surface area contributed by atoms with Crippen molar-refractivity contribution in [1.29, 1.82) is 0 Å². The molecule has 26 heavy (non-hydrogen) atoms. The van der Waals surface area contributed by atoms with E-state index in [1.54, 1.807) is 41.3 Å². The van der Waals surface area contributed by atoms with Crippen LogP contribution in [0.3, 0.4) is 0 Å². The van der Waals surface area contributed by atoms with Gasteiger partial charge in [0.05, 0.1) is 0 Å². The van der Waals surface area contributed by atoms with Crippen LogP contribution < -0.4 is 10.6 Å². The molecule has 0 bridgehead atoms. The summed E-state index contributed by atoms with van der Waals surface area (Å²) < 4.78 is 5.17. The molecule has 1 aliphatic heterocycles. The lowest BCUT2D eigenvalue weighted by Crippen LogP contribution is -2.47. The van der Waals surface area contributed by atoms with Crippen molar-refractivity contribution in [2.75, 3.05) is 18.4 Å². The van der Waals surface area contributed by atoms with Crippen molar-refractivity contribution >= 4 is 29.4 Å². The number of carbonyl (C=O) groups excluding carboxylic acids is 2. The number of rotatable bonds is 5. The van der Waals surface area contributed by atoms with E-state index >= 15 is 0 Å². The summed E-state index contributed by atoms with van der Waals surface area (Å²) in [5.41, 5.74) is 2.45. The molecule has 2 N–H and O–H groups in total. The fraction of sp³-hybridized carbons (Fsp3) is 0.263. The van der Waals surface area contributed by atoms with Crippen LogP contribution in [0.15, 0.2) is 48.5 Å². The first-order valence-electron chi connectivity index (χ1n) is 8.40. The average molecular weight is 374 g/mol. The summed E-state index contributed by atoms with van der Waals surface area (Å²) in [6.07, 6.45) is 0.542. The number of halogens is 1. The molecular formula is C19H20ClN3O3. The molecule has 3 rings (SSSR count). The zero-order chi connectivity index (χ0) is 18.4. The van der Waals surface area contributed by atoms with E-state index in [9.17, 15) is 9.59 Å². The minimum absolute atomic E-state index is 0.0378. The first kappa shape index (κ1) is 18.1. The number of likely N-dealkylation sites (tertiary alicyclic amines) is 1. The largest absolute Gasteiger partial charge is 0.444 e. The van der Waals surface area contributed by atoms with Gasteiger partial charge in [-0.25, -0.2) is 9.59 Å². The van der Waals surface area contributed by atoms with E-state index in [1.165, 1.54) is 0 Å². The van der Waals surface area contributed by atoms with Crippen molar-refractivity contribution in [3.8, 4) is 0 Å². The van der Waals surface area contributed by atoms with Gasteiger partial charge in [-0.05, 0) is 41.8 Å². The maximum Gasteiger partial charge on any atom is 0.411 e. The third-order valence-corrected chi connectivity index (χ3v) is 4.32. The number of urea groups is 1. The third-order valence-electron chi connectivity index (χ3n) is 4.07. The molecule has 1 saturated heterocycles. The zero-order valence-electron chi connectivity index (χ0n) is 14.2. The molecule has 6 nitrogen and oxygen atoms in total. The highest BCUT2D eigenvalue weighted by atomic mass is 35.5. The van der Waals surface area contributed by atoms with Gasteiger partial charge in [0.2, 0.25) is 0 Å². The van der Waals surface area contributed by atoms with Gasteiger partial charge in [-0.2, -0.15) is 0 Å². The Morgan fingerprint density at radius 2 is 1.65 bits per heavy atom. The Kier molecular flexibility index (Phi) is 5.96. The van der Waals surface area contributed by atoms with Gasteiger partial charge in [0.1, 0.15) is 6.61 Å². The van der Waals surface area contributed by atoms with E-state index in [1.807, 2.05) is 12.1 Å². The molecule has 0 atom stereocenters. The highest BCUT2D eigenvalue weighted by molar-refractivity contribution is 6.30. The first-order chi connectivity index (χ1) is 12.6. The second kappa shape index (κ2) is 8.58. The normalized spacial score (nSPS) is 12.9. The van der Waals surface area contributed by atoms with Gasteiger partial charge in [-0.3, -0.25) is 5.32 Å². The van der Waals surface area contributed by atoms with Crippen LogP contribution in [0, 0.1) is 0 Å². The smallest absolute Gasteiger partial charge is 0.411 e. The second-order valence-corrected chi connectivity index (χ2v) is 6.46. The van der Waals surface area contributed by atoms with Gasteiger partial charge in [-0.1, -0.05) is 35.9 Å². The summed E-state index contributed by atoms with van der Waals surface area (Å²) >= 11 is 5.81. The molecule has 2 aromatic carbocycles. The Balaban J connectivity index is 1.42. The molecule has 0 saturated carbocycles. The standard InChI is InChI=1S/C19H20ClN3O3/c20-16-6-2-15(3-7-16)13-26-19(25)22-17-8-4-14(5-9-17)12-21-18(24)23-10-1-11-23/h2-9H,1,10-13H2,(H,21,24)(H,22,25). The van der Waals surface area contributed by atoms with Gasteiger partial charge in [0.15, 0.2) is 0 Å². The van der Waals surface area contributed by atoms with Crippen molar-refractivity contribution < 1.29 is 14.3 Å². The van der Waals surface area contributed by atoms with Crippen LogP contribution in [0.4, 0.5) is 15.3 Å². The maximum absolute atomic E-state index is 11.8. The van der Waals surface area contributed by atoms with Crippen molar-refractivity contribution in [3.05, 3.63) is 64.7 Å². The molecule has 0 radical (unpaired) electrons. The molecule has 136 valence electrons. The zero-order valence-corrected chi connectivity index (χ0v) is 15.0. The summed E-state index contributed by atoms with van der Waals surface area (Å²) in [6.45, 7) is 2.28. The van der Waals surface area contributed by atoms with Gasteiger partial charge >= 0.3 is 12.1 Å². The Morgan fingerprint density at radius 1 is 1.00 bits per heavy atom. The molecular weight excluding hydrogens is 354 g/mol. The van der Waals surface area contributed by atoms with Crippen LogP contribution in [-0.4, -0.2) is 30.1 Å². The molecule has 0 aliphatic carbocycles. The van der Waals surface area contributed by atoms with Gasteiger partial charge in [0, 0.05) is 30.3 Å². The Morgan fingerprint density at radius 3 is 2.27 bits per heavy atom. The highest BCUT2D eigenvalue weighted by Gasteiger charge is 2.19. The van der Waals surface area contributed by atoms with Gasteiger partial charge in [0.25, 0.3) is 0 Å². The lowest BCUT2D eigenvalue weighted by atomic mass is 10.2. The topological polar surface area (TPSA) is 70.7 Å². The summed E-state index contributed by atoms with van der Waals surface area (Å²) in [5.74, 6) is 0. The lowest BCUT2D eigenvalue weighted by Gasteiger charge is -2.30. The van der Waals surface area contributed by atoms with Crippen LogP contribution in [0.25, 0.3) is 0 Å². The van der Waals surface area contributed by atoms with Crippen molar-refractivity contribution in [3.63, 3.8) is 0 Å². The predicted molar refractivity (Wildman–Crippen MR) is 100 cm³/mol. The van der Waals surface area contributed by atoms with Crippen LogP contribution in [-0.2, 0) is 17.9 Å². The first-order valence-corrected chi connectivity index (χ1v) is 8.78. The van der Waals surface area contributed by atoms with Crippen LogP contribution in [0.1, 0.15) is 17.5 Å².